The molecule has 0 aliphatic carbocycles. The number of hydrogen-bond donors (Lipinski definition) is 0. The molecule has 288 valence electrons. The Bertz CT molecular complexity index is 861. The zero-order valence-corrected chi connectivity index (χ0v) is 33.7. The fraction of sp³-hybridized carbons (Fsp3) is 0.846. The Morgan fingerprint density at radius 1 is 0.833 bits per heavy atom. The van der Waals surface area contributed by atoms with Gasteiger partial charge in [-0.15, -0.1) is 4.33 Å². The van der Waals surface area contributed by atoms with Gasteiger partial charge in [-0.3, -0.25) is 9.22 Å². The van der Waals surface area contributed by atoms with Gasteiger partial charge in [0.05, 0.1) is 6.61 Å². The van der Waals surface area contributed by atoms with Crippen LogP contribution in [0.3, 0.4) is 0 Å². The fourth-order valence-corrected chi connectivity index (χ4v) is 6.34. The number of benzene rings is 1. The van der Waals surface area contributed by atoms with Crippen LogP contribution in [-0.4, -0.2) is 11.9 Å². The van der Waals surface area contributed by atoms with Crippen molar-refractivity contribution in [3.8, 4) is 5.75 Å². The van der Waals surface area contributed by atoms with Crippen LogP contribution < -0.4 is 61.4 Å². The Morgan fingerprint density at radius 2 is 1.38 bits per heavy atom. The standard InChI is InChI=1S/C17H27O6PS.C16H34.6CH4.K/c1-6-17(5)8-7-14-13(4)15(11(2)12(3)16(14)21-17)9-19-24-10-20-25-23-22-18;1-6-9-15(4)12-8-13-16(5)11-7-10-14(2)3;;;;;;;/h18,24H,6-10H2,1-5H3;14-16H,6-13H2,1-5H3;6*1H4;/q;;;;;;;;+1/p-1. The first kappa shape index (κ1) is 64.2. The Kier molecular flexibility index (Phi) is 49.0. The second-order valence-electron chi connectivity index (χ2n) is 12.7. The summed E-state index contributed by atoms with van der Waals surface area (Å²) in [5.41, 5.74) is 6.15. The Labute approximate surface area is 351 Å². The first-order chi connectivity index (χ1) is 19.5. The minimum Gasteiger partial charge on any atom is -0.691 e. The van der Waals surface area contributed by atoms with Crippen molar-refractivity contribution in [2.24, 2.45) is 17.8 Å². The largest absolute Gasteiger partial charge is 1.00 e. The van der Waals surface area contributed by atoms with Crippen LogP contribution >= 0.6 is 21.1 Å². The Hall–Kier alpha value is 1.24. The predicted molar refractivity (Wildman–Crippen MR) is 213 cm³/mol. The van der Waals surface area contributed by atoms with Crippen LogP contribution in [0.15, 0.2) is 0 Å². The van der Waals surface area contributed by atoms with E-state index in [4.69, 9.17) is 13.4 Å². The molecule has 1 aliphatic heterocycles. The molecule has 0 spiro atoms. The van der Waals surface area contributed by atoms with Crippen molar-refractivity contribution in [1.82, 2.24) is 0 Å². The van der Waals surface area contributed by atoms with E-state index in [1.807, 2.05) is 0 Å². The minimum absolute atomic E-state index is 0. The van der Waals surface area contributed by atoms with Gasteiger partial charge in [0.25, 0.3) is 0 Å². The van der Waals surface area contributed by atoms with Crippen LogP contribution in [0.25, 0.3) is 0 Å². The molecule has 0 saturated heterocycles. The molecule has 0 N–H and O–H groups in total. The normalized spacial score (nSPS) is 15.6. The average Bonchev–Trinajstić information content (AvgIpc) is 2.93. The molecule has 0 amide bonds. The van der Waals surface area contributed by atoms with Gasteiger partial charge in [-0.1, -0.05) is 137 Å². The molecule has 0 aromatic heterocycles. The molecule has 1 heterocycles. The molecule has 0 radical (unpaired) electrons. The molecule has 0 bridgehead atoms. The summed E-state index contributed by atoms with van der Waals surface area (Å²) in [6, 6.07) is 0. The average molecular weight is 751 g/mol. The van der Waals surface area contributed by atoms with Gasteiger partial charge in [0.2, 0.25) is 0 Å². The van der Waals surface area contributed by atoms with Crippen molar-refractivity contribution in [2.75, 3.05) is 6.35 Å². The van der Waals surface area contributed by atoms with Crippen LogP contribution in [0.4, 0.5) is 0 Å². The molecular formula is C39H84KO6PS. The summed E-state index contributed by atoms with van der Waals surface area (Å²) >= 11 is 0.504. The molecule has 6 nitrogen and oxygen atoms in total. The molecule has 4 atom stereocenters. The van der Waals surface area contributed by atoms with Gasteiger partial charge in [0.1, 0.15) is 17.7 Å². The zero-order valence-electron chi connectivity index (χ0n) is 28.8. The third-order valence-corrected chi connectivity index (χ3v) is 9.87. The summed E-state index contributed by atoms with van der Waals surface area (Å²) in [6.45, 7) is 23.1. The number of rotatable bonds is 19. The van der Waals surface area contributed by atoms with E-state index in [2.05, 4.69) is 78.6 Å². The third-order valence-electron chi connectivity index (χ3n) is 8.73. The second kappa shape index (κ2) is 36.6. The smallest absolute Gasteiger partial charge is 0.691 e. The maximum atomic E-state index is 9.63. The van der Waals surface area contributed by atoms with E-state index >= 15 is 0 Å². The van der Waals surface area contributed by atoms with Gasteiger partial charge in [0.15, 0.2) is 12.3 Å². The third kappa shape index (κ3) is 25.3. The second-order valence-corrected chi connectivity index (χ2v) is 14.1. The maximum Gasteiger partial charge on any atom is 1.00 e. The Morgan fingerprint density at radius 3 is 1.88 bits per heavy atom. The van der Waals surface area contributed by atoms with E-state index < -0.39 is 0 Å². The van der Waals surface area contributed by atoms with Crippen LogP contribution in [0.1, 0.15) is 185 Å². The van der Waals surface area contributed by atoms with Gasteiger partial charge >= 0.3 is 51.4 Å². The molecule has 1 aromatic rings. The van der Waals surface area contributed by atoms with E-state index in [1.54, 1.807) is 0 Å². The summed E-state index contributed by atoms with van der Waals surface area (Å²) in [5.74, 6) is 3.85. The molecule has 48 heavy (non-hydrogen) atoms. The first-order valence-electron chi connectivity index (χ1n) is 15.9. The molecule has 0 fully saturated rings. The molecule has 9 heteroatoms. The van der Waals surface area contributed by atoms with Crippen molar-refractivity contribution in [3.05, 3.63) is 27.8 Å². The van der Waals surface area contributed by atoms with Gasteiger partial charge in [-0.05, 0) is 92.5 Å². The minimum atomic E-state index is -0.0685. The topological polar surface area (TPSA) is 69.2 Å². The van der Waals surface area contributed by atoms with Crippen LogP contribution in [0.2, 0.25) is 0 Å². The molecule has 2 rings (SSSR count). The maximum absolute atomic E-state index is 9.63. The number of ether oxygens (including phenoxy) is 1. The zero-order chi connectivity index (χ0) is 30.8. The van der Waals surface area contributed by atoms with E-state index in [1.165, 1.54) is 79.2 Å². The van der Waals surface area contributed by atoms with Crippen molar-refractivity contribution in [3.63, 3.8) is 0 Å². The van der Waals surface area contributed by atoms with Gasteiger partial charge in [0, 0.05) is 8.81 Å². The van der Waals surface area contributed by atoms with Gasteiger partial charge < -0.3 is 14.5 Å². The summed E-state index contributed by atoms with van der Waals surface area (Å²) in [7, 11) is 0.146. The molecule has 4 unspecified atom stereocenters. The van der Waals surface area contributed by atoms with Gasteiger partial charge in [-0.25, -0.2) is 0 Å². The molecule has 0 saturated carbocycles. The SMILES string of the molecule is C.C.C.C.C.C.CCC1(C)CCc2c(C)c(COPCOSOO[O-])c(C)c(C)c2O1.CCCC(C)CCCC(C)CCCC(C)C.[K+]. The molecule has 1 aliphatic rings. The van der Waals surface area contributed by atoms with E-state index in [9.17, 15) is 5.26 Å². The van der Waals surface area contributed by atoms with E-state index in [0.717, 1.165) is 42.8 Å². The number of fused-ring (bicyclic) bond motifs is 1. The van der Waals surface area contributed by atoms with Crippen molar-refractivity contribution in [1.29, 1.82) is 0 Å². The molecule has 1 aromatic carbocycles. The van der Waals surface area contributed by atoms with Gasteiger partial charge in [-0.2, -0.15) is 0 Å². The monoisotopic (exact) mass is 751 g/mol. The predicted octanol–water partition coefficient (Wildman–Crippen LogP) is 10.9. The number of hydrogen-bond acceptors (Lipinski definition) is 7. The van der Waals surface area contributed by atoms with Crippen LogP contribution in [-0.2, 0) is 31.1 Å². The first-order valence-corrected chi connectivity index (χ1v) is 17.7. The summed E-state index contributed by atoms with van der Waals surface area (Å²) in [5, 5.41) is 12.8. The van der Waals surface area contributed by atoms with Crippen molar-refractivity contribution in [2.45, 2.75) is 197 Å². The van der Waals surface area contributed by atoms with E-state index in [-0.39, 0.29) is 110 Å². The van der Waals surface area contributed by atoms with Crippen LogP contribution in [0, 0.1) is 38.5 Å². The quantitative estimate of drug-likeness (QED) is 0.0348. The Balaban J connectivity index is -0.000000131. The summed E-state index contributed by atoms with van der Waals surface area (Å²) < 4.78 is 21.1. The van der Waals surface area contributed by atoms with Crippen LogP contribution in [0.5, 0.6) is 5.75 Å². The summed E-state index contributed by atoms with van der Waals surface area (Å²) in [4.78, 5) is 0. The van der Waals surface area contributed by atoms with Crippen molar-refractivity contribution < 1.29 is 79.5 Å². The van der Waals surface area contributed by atoms with E-state index in [0.29, 0.717) is 25.3 Å². The fourth-order valence-electron chi connectivity index (χ4n) is 5.56. The van der Waals surface area contributed by atoms with Crippen molar-refractivity contribution >= 4 is 21.1 Å². The summed E-state index contributed by atoms with van der Waals surface area (Å²) in [6.07, 6.45) is 14.8. The molecular weight excluding hydrogens is 667 g/mol.